The number of aryl methyl sites for hydroxylation is 1. The number of halogens is 1. The summed E-state index contributed by atoms with van der Waals surface area (Å²) >= 11 is 6.02. The van der Waals surface area contributed by atoms with Crippen molar-refractivity contribution >= 4 is 28.4 Å². The zero-order valence-corrected chi connectivity index (χ0v) is 17.3. The maximum absolute atomic E-state index is 13.1. The second kappa shape index (κ2) is 8.53. The standard InChI is InChI=1S/C22H18ClN5O3/c1-27-19-12-25-18(20(29)26-11-15-5-3-7-24-10-15)9-17(19)21(30)28(22(27)31)13-14-4-2-6-16(23)8-14/h2-10,12H,11,13H2,1H3,(H,26,29). The van der Waals surface area contributed by atoms with Gasteiger partial charge in [-0.1, -0.05) is 29.8 Å². The van der Waals surface area contributed by atoms with Crippen molar-refractivity contribution in [2.75, 3.05) is 0 Å². The number of pyridine rings is 2. The van der Waals surface area contributed by atoms with Gasteiger partial charge in [0.15, 0.2) is 0 Å². The molecule has 1 N–H and O–H groups in total. The number of hydrogen-bond donors (Lipinski definition) is 1. The molecule has 4 aromatic rings. The van der Waals surface area contributed by atoms with Gasteiger partial charge >= 0.3 is 5.69 Å². The van der Waals surface area contributed by atoms with Gasteiger partial charge in [-0.3, -0.25) is 23.7 Å². The van der Waals surface area contributed by atoms with Gasteiger partial charge in [0.1, 0.15) is 5.69 Å². The third-order valence-electron chi connectivity index (χ3n) is 4.88. The van der Waals surface area contributed by atoms with Crippen LogP contribution in [-0.4, -0.2) is 25.0 Å². The van der Waals surface area contributed by atoms with Crippen LogP contribution in [0.15, 0.2) is 70.6 Å². The van der Waals surface area contributed by atoms with E-state index in [9.17, 15) is 14.4 Å². The Hall–Kier alpha value is -3.78. The van der Waals surface area contributed by atoms with Crippen molar-refractivity contribution in [3.63, 3.8) is 0 Å². The Labute approximate surface area is 181 Å². The molecule has 0 aliphatic rings. The van der Waals surface area contributed by atoms with Gasteiger partial charge in [-0.2, -0.15) is 0 Å². The van der Waals surface area contributed by atoms with Crippen LogP contribution in [0, 0.1) is 0 Å². The first-order valence-corrected chi connectivity index (χ1v) is 9.83. The summed E-state index contributed by atoms with van der Waals surface area (Å²) in [4.78, 5) is 46.5. The molecule has 0 radical (unpaired) electrons. The molecule has 0 spiro atoms. The van der Waals surface area contributed by atoms with E-state index in [1.165, 1.54) is 16.8 Å². The summed E-state index contributed by atoms with van der Waals surface area (Å²) < 4.78 is 2.46. The lowest BCUT2D eigenvalue weighted by atomic mass is 10.2. The highest BCUT2D eigenvalue weighted by molar-refractivity contribution is 6.30. The molecule has 9 heteroatoms. The lowest BCUT2D eigenvalue weighted by Crippen LogP contribution is -2.39. The summed E-state index contributed by atoms with van der Waals surface area (Å²) in [5.74, 6) is -0.430. The van der Waals surface area contributed by atoms with Crippen LogP contribution in [0.4, 0.5) is 0 Å². The van der Waals surface area contributed by atoms with Crippen molar-refractivity contribution in [2.45, 2.75) is 13.1 Å². The molecule has 0 saturated heterocycles. The van der Waals surface area contributed by atoms with Gasteiger partial charge in [0.05, 0.1) is 23.6 Å². The van der Waals surface area contributed by atoms with E-state index in [2.05, 4.69) is 15.3 Å². The van der Waals surface area contributed by atoms with Crippen molar-refractivity contribution in [3.8, 4) is 0 Å². The predicted molar refractivity (Wildman–Crippen MR) is 117 cm³/mol. The minimum absolute atomic E-state index is 0.0624. The molecule has 8 nitrogen and oxygen atoms in total. The van der Waals surface area contributed by atoms with Crippen molar-refractivity contribution in [1.82, 2.24) is 24.4 Å². The largest absolute Gasteiger partial charge is 0.347 e. The number of benzene rings is 1. The molecule has 0 unspecified atom stereocenters. The molecule has 0 aliphatic heterocycles. The molecule has 31 heavy (non-hydrogen) atoms. The zero-order valence-electron chi connectivity index (χ0n) is 16.6. The number of amides is 1. The third-order valence-corrected chi connectivity index (χ3v) is 5.11. The van der Waals surface area contributed by atoms with E-state index in [-0.39, 0.29) is 24.2 Å². The smallest absolute Gasteiger partial charge is 0.331 e. The second-order valence-electron chi connectivity index (χ2n) is 6.99. The van der Waals surface area contributed by atoms with E-state index < -0.39 is 17.2 Å². The van der Waals surface area contributed by atoms with Gasteiger partial charge < -0.3 is 5.32 Å². The van der Waals surface area contributed by atoms with Crippen molar-refractivity contribution < 1.29 is 4.79 Å². The van der Waals surface area contributed by atoms with Gasteiger partial charge in [-0.05, 0) is 35.4 Å². The lowest BCUT2D eigenvalue weighted by Gasteiger charge is -2.12. The first-order valence-electron chi connectivity index (χ1n) is 9.45. The maximum Gasteiger partial charge on any atom is 0.331 e. The first kappa shape index (κ1) is 20.5. The Bertz CT molecular complexity index is 1400. The number of carbonyl (C=O) groups is 1. The Morgan fingerprint density at radius 2 is 1.90 bits per heavy atom. The lowest BCUT2D eigenvalue weighted by molar-refractivity contribution is 0.0946. The quantitative estimate of drug-likeness (QED) is 0.517. The van der Waals surface area contributed by atoms with Gasteiger partial charge in [0.25, 0.3) is 11.5 Å². The predicted octanol–water partition coefficient (Wildman–Crippen LogP) is 2.12. The zero-order chi connectivity index (χ0) is 22.0. The van der Waals surface area contributed by atoms with E-state index in [0.29, 0.717) is 10.5 Å². The van der Waals surface area contributed by atoms with E-state index in [4.69, 9.17) is 11.6 Å². The van der Waals surface area contributed by atoms with Crippen LogP contribution in [0.2, 0.25) is 5.02 Å². The van der Waals surface area contributed by atoms with Gasteiger partial charge in [0, 0.05) is 31.0 Å². The number of nitrogens with one attached hydrogen (secondary N) is 1. The fourth-order valence-electron chi connectivity index (χ4n) is 3.26. The Kier molecular flexibility index (Phi) is 5.64. The summed E-state index contributed by atoms with van der Waals surface area (Å²) in [6.07, 6.45) is 4.66. The minimum atomic E-state index is -0.498. The fourth-order valence-corrected chi connectivity index (χ4v) is 3.47. The van der Waals surface area contributed by atoms with Crippen molar-refractivity contribution in [3.05, 3.63) is 104 Å². The summed E-state index contributed by atoms with van der Waals surface area (Å²) in [5.41, 5.74) is 1.01. The average molecular weight is 436 g/mol. The highest BCUT2D eigenvalue weighted by Crippen LogP contribution is 2.12. The van der Waals surface area contributed by atoms with Crippen LogP contribution in [0.5, 0.6) is 0 Å². The molecule has 3 heterocycles. The molecule has 156 valence electrons. The minimum Gasteiger partial charge on any atom is -0.347 e. The number of aromatic nitrogens is 4. The van der Waals surface area contributed by atoms with Crippen LogP contribution in [0.1, 0.15) is 21.6 Å². The Balaban J connectivity index is 1.70. The van der Waals surface area contributed by atoms with Gasteiger partial charge in [0.2, 0.25) is 0 Å². The van der Waals surface area contributed by atoms with Crippen LogP contribution in [-0.2, 0) is 20.1 Å². The van der Waals surface area contributed by atoms with E-state index >= 15 is 0 Å². The molecule has 1 amide bonds. The second-order valence-corrected chi connectivity index (χ2v) is 7.43. The normalized spacial score (nSPS) is 10.9. The molecule has 0 saturated carbocycles. The topological polar surface area (TPSA) is 98.9 Å². The number of rotatable bonds is 5. The monoisotopic (exact) mass is 435 g/mol. The van der Waals surface area contributed by atoms with Crippen LogP contribution < -0.4 is 16.6 Å². The molecule has 0 aliphatic carbocycles. The van der Waals surface area contributed by atoms with Gasteiger partial charge in [-0.15, -0.1) is 0 Å². The molecular weight excluding hydrogens is 418 g/mol. The summed E-state index contributed by atoms with van der Waals surface area (Å²) in [6.45, 7) is 0.339. The molecule has 0 bridgehead atoms. The summed E-state index contributed by atoms with van der Waals surface area (Å²) in [7, 11) is 1.56. The molecule has 1 aromatic carbocycles. The fraction of sp³-hybridized carbons (Fsp3) is 0.136. The van der Waals surface area contributed by atoms with Crippen LogP contribution >= 0.6 is 11.6 Å². The van der Waals surface area contributed by atoms with Crippen molar-refractivity contribution in [1.29, 1.82) is 0 Å². The van der Waals surface area contributed by atoms with E-state index in [1.807, 2.05) is 6.07 Å². The van der Waals surface area contributed by atoms with E-state index in [1.54, 1.807) is 49.8 Å². The average Bonchev–Trinajstić information content (AvgIpc) is 2.79. The first-order chi connectivity index (χ1) is 14.9. The maximum atomic E-state index is 13.1. The summed E-state index contributed by atoms with van der Waals surface area (Å²) in [5, 5.41) is 3.49. The number of carbonyl (C=O) groups excluding carboxylic acids is 1. The van der Waals surface area contributed by atoms with Crippen LogP contribution in [0.3, 0.4) is 0 Å². The van der Waals surface area contributed by atoms with Crippen LogP contribution in [0.25, 0.3) is 10.9 Å². The molecule has 4 rings (SSSR count). The van der Waals surface area contributed by atoms with Gasteiger partial charge in [-0.25, -0.2) is 9.78 Å². The number of fused-ring (bicyclic) bond motifs is 1. The Morgan fingerprint density at radius 3 is 2.65 bits per heavy atom. The van der Waals surface area contributed by atoms with Crippen molar-refractivity contribution in [2.24, 2.45) is 7.05 Å². The summed E-state index contributed by atoms with van der Waals surface area (Å²) in [6, 6.07) is 12.0. The number of hydrogen-bond acceptors (Lipinski definition) is 5. The molecule has 0 fully saturated rings. The SMILES string of the molecule is Cn1c(=O)n(Cc2cccc(Cl)c2)c(=O)c2cc(C(=O)NCc3cccnc3)ncc21. The highest BCUT2D eigenvalue weighted by atomic mass is 35.5. The number of nitrogens with zero attached hydrogens (tertiary/aromatic N) is 4. The highest BCUT2D eigenvalue weighted by Gasteiger charge is 2.15. The molecule has 0 atom stereocenters. The molecular formula is C22H18ClN5O3. The molecule has 3 aromatic heterocycles. The van der Waals surface area contributed by atoms with E-state index in [0.717, 1.165) is 15.7 Å². The third kappa shape index (κ3) is 4.24. The Morgan fingerprint density at radius 1 is 1.10 bits per heavy atom.